The molecule has 0 aliphatic rings. The van der Waals surface area contributed by atoms with Crippen molar-refractivity contribution in [2.45, 2.75) is 13.2 Å². The summed E-state index contributed by atoms with van der Waals surface area (Å²) in [5.74, 6) is 0.864. The van der Waals surface area contributed by atoms with Crippen LogP contribution in [0.2, 0.25) is 5.02 Å². The molecule has 1 N–H and O–H groups in total. The van der Waals surface area contributed by atoms with E-state index in [9.17, 15) is 0 Å². The molecule has 2 aromatic rings. The fourth-order valence-electron chi connectivity index (χ4n) is 1.73. The Morgan fingerprint density at radius 1 is 1.11 bits per heavy atom. The van der Waals surface area contributed by atoms with Gasteiger partial charge in [0.25, 0.3) is 0 Å². The molecule has 2 nitrogen and oxygen atoms in total. The molecule has 102 valence electrons. The van der Waals surface area contributed by atoms with Crippen LogP contribution in [-0.2, 0) is 13.2 Å². The molecule has 2 rings (SSSR count). The molecular formula is C15H17Cl2NO. The van der Waals surface area contributed by atoms with Crippen LogP contribution >= 0.6 is 24.0 Å². The average Bonchev–Trinajstić information content (AvgIpc) is 2.39. The molecule has 0 bridgehead atoms. The smallest absolute Gasteiger partial charge is 0.120 e. The van der Waals surface area contributed by atoms with Gasteiger partial charge in [0.2, 0.25) is 0 Å². The first-order chi connectivity index (χ1) is 8.79. The summed E-state index contributed by atoms with van der Waals surface area (Å²) in [5.41, 5.74) is 2.20. The summed E-state index contributed by atoms with van der Waals surface area (Å²) < 4.78 is 5.75. The van der Waals surface area contributed by atoms with E-state index in [-0.39, 0.29) is 12.4 Å². The molecule has 0 aliphatic heterocycles. The second-order valence-corrected chi connectivity index (χ2v) is 4.47. The van der Waals surface area contributed by atoms with Crippen LogP contribution in [0.3, 0.4) is 0 Å². The lowest BCUT2D eigenvalue weighted by molar-refractivity contribution is 0.306. The quantitative estimate of drug-likeness (QED) is 0.898. The van der Waals surface area contributed by atoms with E-state index >= 15 is 0 Å². The second-order valence-electron chi connectivity index (χ2n) is 4.06. The monoisotopic (exact) mass is 297 g/mol. The maximum Gasteiger partial charge on any atom is 0.120 e. The van der Waals surface area contributed by atoms with E-state index in [1.807, 2.05) is 49.5 Å². The van der Waals surface area contributed by atoms with E-state index in [0.717, 1.165) is 22.9 Å². The van der Waals surface area contributed by atoms with Gasteiger partial charge in [-0.2, -0.15) is 0 Å². The molecule has 2 aromatic carbocycles. The first-order valence-corrected chi connectivity index (χ1v) is 6.27. The largest absolute Gasteiger partial charge is 0.489 e. The SMILES string of the molecule is CNCc1cccc(OCc2ccccc2Cl)c1.Cl. The Morgan fingerprint density at radius 2 is 1.89 bits per heavy atom. The minimum absolute atomic E-state index is 0. The van der Waals surface area contributed by atoms with Gasteiger partial charge >= 0.3 is 0 Å². The first-order valence-electron chi connectivity index (χ1n) is 5.89. The van der Waals surface area contributed by atoms with E-state index in [2.05, 4.69) is 11.4 Å². The summed E-state index contributed by atoms with van der Waals surface area (Å²) >= 11 is 6.08. The first kappa shape index (κ1) is 15.8. The van der Waals surface area contributed by atoms with Crippen LogP contribution in [0.15, 0.2) is 48.5 Å². The van der Waals surface area contributed by atoms with Crippen LogP contribution in [0, 0.1) is 0 Å². The van der Waals surface area contributed by atoms with Gasteiger partial charge in [0.15, 0.2) is 0 Å². The molecule has 0 aliphatic carbocycles. The van der Waals surface area contributed by atoms with Crippen molar-refractivity contribution in [3.8, 4) is 5.75 Å². The van der Waals surface area contributed by atoms with Gasteiger partial charge in [0.1, 0.15) is 12.4 Å². The van der Waals surface area contributed by atoms with Crippen LogP contribution in [-0.4, -0.2) is 7.05 Å². The van der Waals surface area contributed by atoms with Crippen LogP contribution in [0.25, 0.3) is 0 Å². The Bertz CT molecular complexity index is 517. The van der Waals surface area contributed by atoms with E-state index in [4.69, 9.17) is 16.3 Å². The average molecular weight is 298 g/mol. The van der Waals surface area contributed by atoms with Crippen molar-refractivity contribution in [3.05, 3.63) is 64.7 Å². The van der Waals surface area contributed by atoms with Crippen molar-refractivity contribution in [2.24, 2.45) is 0 Å². The third kappa shape index (κ3) is 4.75. The number of rotatable bonds is 5. The van der Waals surface area contributed by atoms with Gasteiger partial charge < -0.3 is 10.1 Å². The van der Waals surface area contributed by atoms with E-state index in [0.29, 0.717) is 6.61 Å². The summed E-state index contributed by atoms with van der Waals surface area (Å²) in [4.78, 5) is 0. The molecule has 0 atom stereocenters. The highest BCUT2D eigenvalue weighted by molar-refractivity contribution is 6.31. The van der Waals surface area contributed by atoms with Crippen molar-refractivity contribution in [1.29, 1.82) is 0 Å². The minimum Gasteiger partial charge on any atom is -0.489 e. The maximum atomic E-state index is 6.08. The predicted molar refractivity (Wildman–Crippen MR) is 82.2 cm³/mol. The topological polar surface area (TPSA) is 21.3 Å². The highest BCUT2D eigenvalue weighted by Gasteiger charge is 2.01. The van der Waals surface area contributed by atoms with Gasteiger partial charge in [-0.25, -0.2) is 0 Å². The summed E-state index contributed by atoms with van der Waals surface area (Å²) in [6.45, 7) is 1.33. The molecule has 0 saturated heterocycles. The molecule has 0 heterocycles. The Balaban J connectivity index is 0.00000180. The Kier molecular flexibility index (Phi) is 6.71. The van der Waals surface area contributed by atoms with Crippen LogP contribution in [0.5, 0.6) is 5.75 Å². The van der Waals surface area contributed by atoms with Crippen molar-refractivity contribution in [1.82, 2.24) is 5.32 Å². The molecule has 4 heteroatoms. The molecule has 0 unspecified atom stereocenters. The van der Waals surface area contributed by atoms with Gasteiger partial charge in [-0.3, -0.25) is 0 Å². The van der Waals surface area contributed by atoms with Crippen molar-refractivity contribution < 1.29 is 4.74 Å². The van der Waals surface area contributed by atoms with Gasteiger partial charge in [-0.05, 0) is 30.8 Å². The maximum absolute atomic E-state index is 6.08. The highest BCUT2D eigenvalue weighted by Crippen LogP contribution is 2.19. The molecule has 0 radical (unpaired) electrons. The lowest BCUT2D eigenvalue weighted by Gasteiger charge is -2.09. The molecule has 19 heavy (non-hydrogen) atoms. The minimum atomic E-state index is 0. The van der Waals surface area contributed by atoms with Crippen molar-refractivity contribution in [2.75, 3.05) is 7.05 Å². The fourth-order valence-corrected chi connectivity index (χ4v) is 1.92. The van der Waals surface area contributed by atoms with Crippen LogP contribution < -0.4 is 10.1 Å². The van der Waals surface area contributed by atoms with E-state index in [1.54, 1.807) is 0 Å². The van der Waals surface area contributed by atoms with Crippen molar-refractivity contribution in [3.63, 3.8) is 0 Å². The molecule has 0 spiro atoms. The summed E-state index contributed by atoms with van der Waals surface area (Å²) in [5, 5.41) is 3.86. The zero-order valence-corrected chi connectivity index (χ0v) is 12.3. The Labute approximate surface area is 125 Å². The summed E-state index contributed by atoms with van der Waals surface area (Å²) in [7, 11) is 1.93. The van der Waals surface area contributed by atoms with Gasteiger partial charge in [-0.1, -0.05) is 41.9 Å². The fraction of sp³-hybridized carbons (Fsp3) is 0.200. The normalized spacial score (nSPS) is 9.79. The van der Waals surface area contributed by atoms with Gasteiger partial charge in [0.05, 0.1) is 0 Å². The molecular weight excluding hydrogens is 281 g/mol. The summed E-state index contributed by atoms with van der Waals surface area (Å²) in [6, 6.07) is 15.8. The lowest BCUT2D eigenvalue weighted by Crippen LogP contribution is -2.05. The lowest BCUT2D eigenvalue weighted by atomic mass is 10.2. The Morgan fingerprint density at radius 3 is 2.63 bits per heavy atom. The molecule has 0 fully saturated rings. The number of hydrogen-bond donors (Lipinski definition) is 1. The molecule has 0 saturated carbocycles. The van der Waals surface area contributed by atoms with Crippen molar-refractivity contribution >= 4 is 24.0 Å². The predicted octanol–water partition coefficient (Wildman–Crippen LogP) is 4.06. The van der Waals surface area contributed by atoms with E-state index < -0.39 is 0 Å². The Hall–Kier alpha value is -1.22. The number of nitrogens with one attached hydrogen (secondary N) is 1. The number of hydrogen-bond acceptors (Lipinski definition) is 2. The van der Waals surface area contributed by atoms with Gasteiger partial charge in [-0.15, -0.1) is 12.4 Å². The zero-order chi connectivity index (χ0) is 12.8. The zero-order valence-electron chi connectivity index (χ0n) is 10.7. The van der Waals surface area contributed by atoms with Gasteiger partial charge in [0, 0.05) is 17.1 Å². The highest BCUT2D eigenvalue weighted by atomic mass is 35.5. The molecule has 0 amide bonds. The molecule has 0 aromatic heterocycles. The standard InChI is InChI=1S/C15H16ClNO.ClH/c1-17-10-12-5-4-7-14(9-12)18-11-13-6-2-3-8-15(13)16;/h2-9,17H,10-11H2,1H3;1H. The van der Waals surface area contributed by atoms with Crippen LogP contribution in [0.1, 0.15) is 11.1 Å². The third-order valence-electron chi connectivity index (χ3n) is 2.63. The third-order valence-corrected chi connectivity index (χ3v) is 3.00. The summed E-state index contributed by atoms with van der Waals surface area (Å²) in [6.07, 6.45) is 0. The van der Waals surface area contributed by atoms with Crippen LogP contribution in [0.4, 0.5) is 0 Å². The number of ether oxygens (including phenoxy) is 1. The number of halogens is 2. The van der Waals surface area contributed by atoms with E-state index in [1.165, 1.54) is 5.56 Å². The number of benzene rings is 2. The second kappa shape index (κ2) is 8.05.